The van der Waals surface area contributed by atoms with E-state index in [1.54, 1.807) is 12.1 Å². The molecular formula is C18H15BrN2O4. The highest BCUT2D eigenvalue weighted by molar-refractivity contribution is 9.10. The van der Waals surface area contributed by atoms with Crippen LogP contribution in [0.4, 0.5) is 5.69 Å². The van der Waals surface area contributed by atoms with Gasteiger partial charge in [0.25, 0.3) is 5.91 Å². The van der Waals surface area contributed by atoms with E-state index >= 15 is 0 Å². The number of hydrogen-bond acceptors (Lipinski definition) is 5. The van der Waals surface area contributed by atoms with Crippen molar-refractivity contribution >= 4 is 44.5 Å². The molecule has 0 aliphatic heterocycles. The van der Waals surface area contributed by atoms with Crippen LogP contribution in [0.25, 0.3) is 11.0 Å². The molecule has 0 aliphatic rings. The van der Waals surface area contributed by atoms with Crippen molar-refractivity contribution in [1.82, 2.24) is 5.16 Å². The minimum atomic E-state index is -0.540. The van der Waals surface area contributed by atoms with Gasteiger partial charge in [0.15, 0.2) is 12.2 Å². The number of ether oxygens (including phenoxy) is 1. The summed E-state index contributed by atoms with van der Waals surface area (Å²) in [6.45, 7) is 1.52. The summed E-state index contributed by atoms with van der Waals surface area (Å²) in [4.78, 5) is 23.9. The molecule has 0 saturated carbocycles. The van der Waals surface area contributed by atoms with Gasteiger partial charge in [-0.3, -0.25) is 9.59 Å². The second kappa shape index (κ2) is 7.48. The SMILES string of the molecule is Cc1cc(Br)ccc1NC(=O)COC(=O)Cc1noc2ccccc12. The van der Waals surface area contributed by atoms with Gasteiger partial charge in [-0.1, -0.05) is 33.2 Å². The number of fused-ring (bicyclic) bond motifs is 1. The number of aromatic nitrogens is 1. The predicted molar refractivity (Wildman–Crippen MR) is 96.2 cm³/mol. The van der Waals surface area contributed by atoms with Crippen LogP contribution in [0.3, 0.4) is 0 Å². The van der Waals surface area contributed by atoms with Crippen LogP contribution in [0, 0.1) is 6.92 Å². The Morgan fingerprint density at radius 2 is 2.04 bits per heavy atom. The summed E-state index contributed by atoms with van der Waals surface area (Å²) in [5, 5.41) is 7.34. The molecule has 6 nitrogen and oxygen atoms in total. The van der Waals surface area contributed by atoms with Gasteiger partial charge in [0.2, 0.25) is 0 Å². The number of nitrogens with one attached hydrogen (secondary N) is 1. The van der Waals surface area contributed by atoms with Gasteiger partial charge < -0.3 is 14.6 Å². The van der Waals surface area contributed by atoms with E-state index in [0.717, 1.165) is 15.4 Å². The lowest BCUT2D eigenvalue weighted by molar-refractivity contribution is -0.146. The third-order valence-electron chi connectivity index (χ3n) is 3.59. The molecule has 0 atom stereocenters. The Morgan fingerprint density at radius 1 is 1.24 bits per heavy atom. The molecule has 7 heteroatoms. The molecule has 0 spiro atoms. The number of carbonyl (C=O) groups excluding carboxylic acids is 2. The van der Waals surface area contributed by atoms with Crippen LogP contribution < -0.4 is 5.32 Å². The van der Waals surface area contributed by atoms with Crippen molar-refractivity contribution in [2.24, 2.45) is 0 Å². The number of carbonyl (C=O) groups is 2. The highest BCUT2D eigenvalue weighted by Crippen LogP contribution is 2.20. The Kier molecular flexibility index (Phi) is 5.14. The minimum absolute atomic E-state index is 0.0540. The summed E-state index contributed by atoms with van der Waals surface area (Å²) < 4.78 is 11.1. The van der Waals surface area contributed by atoms with Crippen molar-refractivity contribution in [3.63, 3.8) is 0 Å². The maximum atomic E-state index is 11.9. The van der Waals surface area contributed by atoms with Crippen LogP contribution in [-0.2, 0) is 20.7 Å². The highest BCUT2D eigenvalue weighted by atomic mass is 79.9. The molecule has 0 unspecified atom stereocenters. The number of hydrogen-bond donors (Lipinski definition) is 1. The van der Waals surface area contributed by atoms with Gasteiger partial charge in [0.1, 0.15) is 5.69 Å². The zero-order valence-electron chi connectivity index (χ0n) is 13.4. The number of para-hydroxylation sites is 1. The van der Waals surface area contributed by atoms with Gasteiger partial charge in [-0.2, -0.15) is 0 Å². The lowest BCUT2D eigenvalue weighted by Crippen LogP contribution is -2.22. The van der Waals surface area contributed by atoms with Crippen LogP contribution in [0.15, 0.2) is 51.5 Å². The third-order valence-corrected chi connectivity index (χ3v) is 4.08. The van der Waals surface area contributed by atoms with E-state index in [4.69, 9.17) is 9.26 Å². The summed E-state index contributed by atoms with van der Waals surface area (Å²) in [7, 11) is 0. The Balaban J connectivity index is 1.54. The number of aryl methyl sites for hydroxylation is 1. The number of rotatable bonds is 5. The average molecular weight is 403 g/mol. The van der Waals surface area contributed by atoms with Crippen LogP contribution in [0.2, 0.25) is 0 Å². The monoisotopic (exact) mass is 402 g/mol. The van der Waals surface area contributed by atoms with E-state index in [1.807, 2.05) is 37.3 Å². The lowest BCUT2D eigenvalue weighted by Gasteiger charge is -2.09. The quantitative estimate of drug-likeness (QED) is 0.659. The fourth-order valence-corrected chi connectivity index (χ4v) is 2.83. The summed E-state index contributed by atoms with van der Waals surface area (Å²) in [5.41, 5.74) is 2.67. The number of anilines is 1. The van der Waals surface area contributed by atoms with E-state index in [2.05, 4.69) is 26.4 Å². The minimum Gasteiger partial charge on any atom is -0.455 e. The molecular weight excluding hydrogens is 388 g/mol. The molecule has 0 bridgehead atoms. The molecule has 1 N–H and O–H groups in total. The van der Waals surface area contributed by atoms with Crippen LogP contribution in [0.5, 0.6) is 0 Å². The van der Waals surface area contributed by atoms with Crippen LogP contribution in [0.1, 0.15) is 11.3 Å². The first-order chi connectivity index (χ1) is 12.0. The second-order valence-electron chi connectivity index (χ2n) is 5.47. The molecule has 25 heavy (non-hydrogen) atoms. The smallest absolute Gasteiger partial charge is 0.312 e. The number of halogens is 1. The zero-order valence-corrected chi connectivity index (χ0v) is 15.0. The number of benzene rings is 2. The van der Waals surface area contributed by atoms with E-state index < -0.39 is 11.9 Å². The van der Waals surface area contributed by atoms with Gasteiger partial charge >= 0.3 is 5.97 Å². The first kappa shape index (κ1) is 17.2. The molecule has 3 aromatic rings. The van der Waals surface area contributed by atoms with E-state index in [0.29, 0.717) is 17.0 Å². The topological polar surface area (TPSA) is 81.4 Å². The highest BCUT2D eigenvalue weighted by Gasteiger charge is 2.14. The van der Waals surface area contributed by atoms with Gasteiger partial charge in [0, 0.05) is 15.5 Å². The maximum Gasteiger partial charge on any atom is 0.312 e. The van der Waals surface area contributed by atoms with Crippen molar-refractivity contribution < 1.29 is 18.8 Å². The summed E-state index contributed by atoms with van der Waals surface area (Å²) >= 11 is 3.36. The van der Waals surface area contributed by atoms with Gasteiger partial charge in [0.05, 0.1) is 6.42 Å². The van der Waals surface area contributed by atoms with Gasteiger partial charge in [-0.05, 0) is 42.8 Å². The predicted octanol–water partition coefficient (Wildman–Crippen LogP) is 3.62. The first-order valence-corrected chi connectivity index (χ1v) is 8.37. The molecule has 1 heterocycles. The summed E-state index contributed by atoms with van der Waals surface area (Å²) in [6.07, 6.45) is -0.0540. The van der Waals surface area contributed by atoms with Crippen molar-refractivity contribution in [1.29, 1.82) is 0 Å². The number of esters is 1. The molecule has 3 rings (SSSR count). The Morgan fingerprint density at radius 3 is 2.84 bits per heavy atom. The largest absolute Gasteiger partial charge is 0.455 e. The van der Waals surface area contributed by atoms with Crippen molar-refractivity contribution in [2.45, 2.75) is 13.3 Å². The molecule has 0 radical (unpaired) electrons. The Labute approximate surface area is 152 Å². The Hall–Kier alpha value is -2.67. The van der Waals surface area contributed by atoms with Crippen molar-refractivity contribution in [3.8, 4) is 0 Å². The molecule has 0 aliphatic carbocycles. The number of amides is 1. The van der Waals surface area contributed by atoms with Gasteiger partial charge in [-0.15, -0.1) is 0 Å². The molecule has 1 amide bonds. The van der Waals surface area contributed by atoms with Crippen molar-refractivity contribution in [2.75, 3.05) is 11.9 Å². The second-order valence-corrected chi connectivity index (χ2v) is 6.39. The molecule has 128 valence electrons. The first-order valence-electron chi connectivity index (χ1n) is 7.58. The fourth-order valence-electron chi connectivity index (χ4n) is 2.35. The van der Waals surface area contributed by atoms with E-state index in [9.17, 15) is 9.59 Å². The van der Waals surface area contributed by atoms with Gasteiger partial charge in [-0.25, -0.2) is 0 Å². The molecule has 0 saturated heterocycles. The van der Waals surface area contributed by atoms with Crippen molar-refractivity contribution in [3.05, 3.63) is 58.2 Å². The van der Waals surface area contributed by atoms with Crippen LogP contribution >= 0.6 is 15.9 Å². The van der Waals surface area contributed by atoms with E-state index in [-0.39, 0.29) is 13.0 Å². The summed E-state index contributed by atoms with van der Waals surface area (Å²) in [6, 6.07) is 12.7. The lowest BCUT2D eigenvalue weighted by atomic mass is 10.2. The summed E-state index contributed by atoms with van der Waals surface area (Å²) in [5.74, 6) is -0.939. The zero-order chi connectivity index (χ0) is 17.8. The Bertz CT molecular complexity index is 936. The van der Waals surface area contributed by atoms with E-state index in [1.165, 1.54) is 0 Å². The molecule has 1 aromatic heterocycles. The van der Waals surface area contributed by atoms with Crippen LogP contribution in [-0.4, -0.2) is 23.6 Å². The molecule has 2 aromatic carbocycles. The number of nitrogens with zero attached hydrogens (tertiary/aromatic N) is 1. The maximum absolute atomic E-state index is 11.9. The third kappa shape index (κ3) is 4.24. The molecule has 0 fully saturated rings. The fraction of sp³-hybridized carbons (Fsp3) is 0.167. The average Bonchev–Trinajstić information content (AvgIpc) is 2.99. The normalized spacial score (nSPS) is 10.6. The standard InChI is InChI=1S/C18H15BrN2O4/c1-11-8-12(19)6-7-14(11)20-17(22)10-24-18(23)9-15-13-4-2-3-5-16(13)25-21-15/h2-8H,9-10H2,1H3,(H,20,22).